The number of nitrogens with one attached hydrogen (secondary N) is 1. The number of carbonyl (C=O) groups is 1. The first-order valence-electron chi connectivity index (χ1n) is 6.00. The van der Waals surface area contributed by atoms with E-state index in [9.17, 15) is 9.90 Å². The molecule has 0 heterocycles. The second kappa shape index (κ2) is 5.64. The van der Waals surface area contributed by atoms with Crippen LogP contribution in [0.5, 0.6) is 0 Å². The Bertz CT molecular complexity index is 235. The average Bonchev–Trinajstić information content (AvgIpc) is 2.18. The van der Waals surface area contributed by atoms with Crippen LogP contribution in [0, 0.1) is 0 Å². The van der Waals surface area contributed by atoms with Gasteiger partial charge in [0, 0.05) is 0 Å². The molecule has 4 heteroatoms. The van der Waals surface area contributed by atoms with Gasteiger partial charge in [-0.1, -0.05) is 12.8 Å². The predicted octanol–water partition coefficient (Wildman–Crippen LogP) is 1.22. The maximum absolute atomic E-state index is 11.6. The molecule has 1 fully saturated rings. The molecule has 0 bridgehead atoms. The first-order chi connectivity index (χ1) is 7.38. The van der Waals surface area contributed by atoms with Crippen LogP contribution < -0.4 is 5.32 Å². The largest absolute Gasteiger partial charge is 0.391 e. The summed E-state index contributed by atoms with van der Waals surface area (Å²) in [6, 6.07) is -0.0928. The zero-order valence-corrected chi connectivity index (χ0v) is 10.5. The molecule has 2 N–H and O–H groups in total. The average molecular weight is 229 g/mol. The van der Waals surface area contributed by atoms with Gasteiger partial charge in [-0.3, -0.25) is 4.79 Å². The fourth-order valence-corrected chi connectivity index (χ4v) is 1.81. The molecule has 0 aliphatic heterocycles. The monoisotopic (exact) mass is 229 g/mol. The summed E-state index contributed by atoms with van der Waals surface area (Å²) in [4.78, 5) is 11.6. The van der Waals surface area contributed by atoms with E-state index in [1.165, 1.54) is 0 Å². The highest BCUT2D eigenvalue weighted by Crippen LogP contribution is 2.18. The fourth-order valence-electron chi connectivity index (χ4n) is 1.81. The Morgan fingerprint density at radius 2 is 2.00 bits per heavy atom. The summed E-state index contributed by atoms with van der Waals surface area (Å²) in [5, 5.41) is 12.5. The molecule has 1 amide bonds. The van der Waals surface area contributed by atoms with Gasteiger partial charge >= 0.3 is 0 Å². The van der Waals surface area contributed by atoms with E-state index in [-0.39, 0.29) is 24.2 Å². The molecule has 0 aromatic carbocycles. The lowest BCUT2D eigenvalue weighted by Gasteiger charge is -2.28. The van der Waals surface area contributed by atoms with E-state index in [0.29, 0.717) is 0 Å². The van der Waals surface area contributed by atoms with Gasteiger partial charge in [0.25, 0.3) is 0 Å². The van der Waals surface area contributed by atoms with Gasteiger partial charge in [0.2, 0.25) is 5.91 Å². The normalized spacial score (nSPS) is 26.5. The quantitative estimate of drug-likeness (QED) is 0.765. The van der Waals surface area contributed by atoms with Gasteiger partial charge in [-0.25, -0.2) is 0 Å². The van der Waals surface area contributed by atoms with Crippen LogP contribution in [0.4, 0.5) is 0 Å². The molecule has 1 aliphatic carbocycles. The van der Waals surface area contributed by atoms with Crippen molar-refractivity contribution in [3.05, 3.63) is 0 Å². The Balaban J connectivity index is 2.28. The maximum atomic E-state index is 11.6. The first kappa shape index (κ1) is 13.5. The van der Waals surface area contributed by atoms with Crippen molar-refractivity contribution in [2.24, 2.45) is 0 Å². The van der Waals surface area contributed by atoms with Crippen molar-refractivity contribution in [1.29, 1.82) is 0 Å². The van der Waals surface area contributed by atoms with Crippen molar-refractivity contribution in [1.82, 2.24) is 5.32 Å². The Hall–Kier alpha value is -0.610. The van der Waals surface area contributed by atoms with E-state index in [0.717, 1.165) is 25.7 Å². The van der Waals surface area contributed by atoms with E-state index in [1.807, 2.05) is 20.8 Å². The third kappa shape index (κ3) is 4.94. The number of hydrogen-bond acceptors (Lipinski definition) is 3. The number of aliphatic hydroxyl groups excluding tert-OH is 1. The summed E-state index contributed by atoms with van der Waals surface area (Å²) >= 11 is 0. The smallest absolute Gasteiger partial charge is 0.246 e. The predicted molar refractivity (Wildman–Crippen MR) is 62.1 cm³/mol. The van der Waals surface area contributed by atoms with Gasteiger partial charge in [0.1, 0.15) is 6.61 Å². The lowest BCUT2D eigenvalue weighted by Crippen LogP contribution is -2.46. The number of amides is 1. The molecule has 0 aromatic rings. The maximum Gasteiger partial charge on any atom is 0.246 e. The second-order valence-electron chi connectivity index (χ2n) is 5.43. The van der Waals surface area contributed by atoms with Crippen LogP contribution in [0.3, 0.4) is 0 Å². The summed E-state index contributed by atoms with van der Waals surface area (Å²) in [5.74, 6) is -0.138. The van der Waals surface area contributed by atoms with Crippen LogP contribution in [0.25, 0.3) is 0 Å². The van der Waals surface area contributed by atoms with Crippen molar-refractivity contribution < 1.29 is 14.6 Å². The molecular weight excluding hydrogens is 206 g/mol. The Morgan fingerprint density at radius 1 is 1.38 bits per heavy atom. The van der Waals surface area contributed by atoms with E-state index in [1.54, 1.807) is 0 Å². The molecule has 1 aliphatic rings. The third-order valence-electron chi connectivity index (χ3n) is 2.71. The summed E-state index contributed by atoms with van der Waals surface area (Å²) < 4.78 is 5.37. The standard InChI is InChI=1S/C12H23NO3/c1-12(2,3)16-8-11(15)13-9-6-4-5-7-10(9)14/h9-10,14H,4-8H2,1-3H3,(H,13,15)/t9-,10-/m1/s1. The summed E-state index contributed by atoms with van der Waals surface area (Å²) in [6.45, 7) is 5.80. The lowest BCUT2D eigenvalue weighted by atomic mass is 9.92. The molecule has 0 radical (unpaired) electrons. The van der Waals surface area contributed by atoms with Crippen molar-refractivity contribution in [2.75, 3.05) is 6.61 Å². The molecule has 1 saturated carbocycles. The van der Waals surface area contributed by atoms with Gasteiger partial charge < -0.3 is 15.2 Å². The second-order valence-corrected chi connectivity index (χ2v) is 5.43. The minimum absolute atomic E-state index is 0.0622. The molecule has 0 aromatic heterocycles. The molecular formula is C12H23NO3. The molecule has 94 valence electrons. The van der Waals surface area contributed by atoms with Gasteiger partial charge in [-0.2, -0.15) is 0 Å². The fraction of sp³-hybridized carbons (Fsp3) is 0.917. The molecule has 0 spiro atoms. The molecule has 2 atom stereocenters. The van der Waals surface area contributed by atoms with E-state index >= 15 is 0 Å². The molecule has 0 saturated heterocycles. The SMILES string of the molecule is CC(C)(C)OCC(=O)N[C@@H]1CCCC[C@H]1O. The summed E-state index contributed by atoms with van der Waals surface area (Å²) in [6.07, 6.45) is 3.37. The van der Waals surface area contributed by atoms with Crippen molar-refractivity contribution in [2.45, 2.75) is 64.2 Å². The topological polar surface area (TPSA) is 58.6 Å². The van der Waals surface area contributed by atoms with Crippen molar-refractivity contribution in [3.8, 4) is 0 Å². The number of rotatable bonds is 3. The zero-order valence-electron chi connectivity index (χ0n) is 10.5. The lowest BCUT2D eigenvalue weighted by molar-refractivity contribution is -0.132. The van der Waals surface area contributed by atoms with Crippen LogP contribution in [0.15, 0.2) is 0 Å². The van der Waals surface area contributed by atoms with Gasteiger partial charge in [-0.05, 0) is 33.6 Å². The Morgan fingerprint density at radius 3 is 2.56 bits per heavy atom. The van der Waals surface area contributed by atoms with Gasteiger partial charge in [-0.15, -0.1) is 0 Å². The molecule has 16 heavy (non-hydrogen) atoms. The minimum Gasteiger partial charge on any atom is -0.391 e. The van der Waals surface area contributed by atoms with Gasteiger partial charge in [0.05, 0.1) is 17.7 Å². The number of ether oxygens (including phenoxy) is 1. The highest BCUT2D eigenvalue weighted by atomic mass is 16.5. The molecule has 1 rings (SSSR count). The molecule has 4 nitrogen and oxygen atoms in total. The highest BCUT2D eigenvalue weighted by molar-refractivity contribution is 5.77. The van der Waals surface area contributed by atoms with Crippen LogP contribution >= 0.6 is 0 Å². The summed E-state index contributed by atoms with van der Waals surface area (Å²) in [7, 11) is 0. The van der Waals surface area contributed by atoms with Crippen LogP contribution in [0.1, 0.15) is 46.5 Å². The number of aliphatic hydroxyl groups is 1. The number of hydrogen-bond donors (Lipinski definition) is 2. The third-order valence-corrected chi connectivity index (χ3v) is 2.71. The Kier molecular flexibility index (Phi) is 4.74. The number of carbonyl (C=O) groups excluding carboxylic acids is 1. The van der Waals surface area contributed by atoms with Crippen molar-refractivity contribution in [3.63, 3.8) is 0 Å². The first-order valence-corrected chi connectivity index (χ1v) is 6.00. The zero-order chi connectivity index (χ0) is 12.2. The van der Waals surface area contributed by atoms with E-state index in [4.69, 9.17) is 4.74 Å². The summed E-state index contributed by atoms with van der Waals surface area (Å²) in [5.41, 5.74) is -0.303. The van der Waals surface area contributed by atoms with Crippen LogP contribution in [0.2, 0.25) is 0 Å². The highest BCUT2D eigenvalue weighted by Gasteiger charge is 2.24. The van der Waals surface area contributed by atoms with E-state index < -0.39 is 6.10 Å². The van der Waals surface area contributed by atoms with Crippen LogP contribution in [-0.4, -0.2) is 35.4 Å². The Labute approximate surface area is 97.4 Å². The van der Waals surface area contributed by atoms with Crippen molar-refractivity contribution >= 4 is 5.91 Å². The van der Waals surface area contributed by atoms with E-state index in [2.05, 4.69) is 5.32 Å². The molecule has 0 unspecified atom stereocenters. The van der Waals surface area contributed by atoms with Crippen LogP contribution in [-0.2, 0) is 9.53 Å². The minimum atomic E-state index is -0.396. The van der Waals surface area contributed by atoms with Gasteiger partial charge in [0.15, 0.2) is 0 Å².